The summed E-state index contributed by atoms with van der Waals surface area (Å²) in [5.41, 5.74) is 4.47. The number of imidazole rings is 1. The molecule has 0 spiro atoms. The Balaban J connectivity index is 1.20. The lowest BCUT2D eigenvalue weighted by atomic mass is 10.2. The van der Waals surface area contributed by atoms with Crippen molar-refractivity contribution in [1.29, 1.82) is 0 Å². The number of nitrogens with one attached hydrogen (secondary N) is 1. The summed E-state index contributed by atoms with van der Waals surface area (Å²) >= 11 is 5.93. The maximum absolute atomic E-state index is 12.6. The van der Waals surface area contributed by atoms with Gasteiger partial charge in [-0.2, -0.15) is 0 Å². The van der Waals surface area contributed by atoms with Crippen LogP contribution >= 0.6 is 11.6 Å². The van der Waals surface area contributed by atoms with Crippen molar-refractivity contribution in [2.45, 2.75) is 19.6 Å². The number of fused-ring (bicyclic) bond motifs is 1. The highest BCUT2D eigenvalue weighted by molar-refractivity contribution is 6.30. The molecule has 1 fully saturated rings. The second-order valence-electron chi connectivity index (χ2n) is 8.64. The molecule has 1 saturated heterocycles. The van der Waals surface area contributed by atoms with Gasteiger partial charge in [0.25, 0.3) is 0 Å². The number of carbonyl (C=O) groups is 1. The molecule has 34 heavy (non-hydrogen) atoms. The smallest absolute Gasteiger partial charge is 0.317 e. The molecule has 2 heterocycles. The molecule has 1 aromatic heterocycles. The number of benzene rings is 3. The third-order valence-corrected chi connectivity index (χ3v) is 6.55. The standard InChI is InChI=1S/C27H28ClN5O/c28-23-12-10-21(11-13-23)18-29-27(34)32-16-14-31(15-17-32)20-26-30-24-8-4-5-9-25(24)33(26)19-22-6-2-1-3-7-22/h1-13H,14-20H2,(H,29,34). The second kappa shape index (κ2) is 10.3. The topological polar surface area (TPSA) is 53.4 Å². The van der Waals surface area contributed by atoms with Gasteiger partial charge in [-0.1, -0.05) is 66.2 Å². The molecule has 0 radical (unpaired) electrons. The van der Waals surface area contributed by atoms with Gasteiger partial charge < -0.3 is 14.8 Å². The molecule has 7 heteroatoms. The fraction of sp³-hybridized carbons (Fsp3) is 0.259. The quantitative estimate of drug-likeness (QED) is 0.439. The van der Waals surface area contributed by atoms with Gasteiger partial charge in [-0.15, -0.1) is 0 Å². The van der Waals surface area contributed by atoms with Crippen molar-refractivity contribution in [3.63, 3.8) is 0 Å². The van der Waals surface area contributed by atoms with Crippen LogP contribution in [-0.2, 0) is 19.6 Å². The average Bonchev–Trinajstić information content (AvgIpc) is 3.21. The van der Waals surface area contributed by atoms with E-state index < -0.39 is 0 Å². The molecule has 6 nitrogen and oxygen atoms in total. The Morgan fingerprint density at radius 3 is 2.29 bits per heavy atom. The molecule has 1 aliphatic heterocycles. The summed E-state index contributed by atoms with van der Waals surface area (Å²) in [7, 11) is 0. The van der Waals surface area contributed by atoms with Crippen LogP contribution in [0.4, 0.5) is 4.79 Å². The fourth-order valence-corrected chi connectivity index (χ4v) is 4.52. The minimum atomic E-state index is -0.0223. The Morgan fingerprint density at radius 2 is 1.53 bits per heavy atom. The molecule has 1 aliphatic rings. The minimum absolute atomic E-state index is 0.0223. The average molecular weight is 474 g/mol. The highest BCUT2D eigenvalue weighted by atomic mass is 35.5. The van der Waals surface area contributed by atoms with Crippen LogP contribution in [0.2, 0.25) is 5.02 Å². The number of aromatic nitrogens is 2. The van der Waals surface area contributed by atoms with Gasteiger partial charge in [-0.05, 0) is 35.4 Å². The van der Waals surface area contributed by atoms with Crippen molar-refractivity contribution < 1.29 is 4.79 Å². The number of hydrogen-bond acceptors (Lipinski definition) is 3. The number of para-hydroxylation sites is 2. The van der Waals surface area contributed by atoms with Gasteiger partial charge in [0.1, 0.15) is 5.82 Å². The Kier molecular flexibility index (Phi) is 6.79. The van der Waals surface area contributed by atoms with E-state index in [0.717, 1.165) is 48.6 Å². The van der Waals surface area contributed by atoms with E-state index in [-0.39, 0.29) is 6.03 Å². The number of piperazine rings is 1. The van der Waals surface area contributed by atoms with Gasteiger partial charge in [-0.3, -0.25) is 4.90 Å². The maximum Gasteiger partial charge on any atom is 0.317 e. The maximum atomic E-state index is 12.6. The van der Waals surface area contributed by atoms with E-state index in [4.69, 9.17) is 16.6 Å². The van der Waals surface area contributed by atoms with Crippen LogP contribution in [0.3, 0.4) is 0 Å². The van der Waals surface area contributed by atoms with Crippen LogP contribution < -0.4 is 5.32 Å². The van der Waals surface area contributed by atoms with Crippen LogP contribution in [0.1, 0.15) is 17.0 Å². The Bertz CT molecular complexity index is 1250. The molecular formula is C27H28ClN5O. The summed E-state index contributed by atoms with van der Waals surface area (Å²) in [5.74, 6) is 1.06. The summed E-state index contributed by atoms with van der Waals surface area (Å²) in [4.78, 5) is 21.8. The molecule has 0 atom stereocenters. The summed E-state index contributed by atoms with van der Waals surface area (Å²) < 4.78 is 2.32. The lowest BCUT2D eigenvalue weighted by molar-refractivity contribution is 0.132. The molecule has 174 valence electrons. The zero-order chi connectivity index (χ0) is 23.3. The SMILES string of the molecule is O=C(NCc1ccc(Cl)cc1)N1CCN(Cc2nc3ccccc3n2Cc2ccccc2)CC1. The van der Waals surface area contributed by atoms with Crippen LogP contribution in [-0.4, -0.2) is 51.6 Å². The summed E-state index contributed by atoms with van der Waals surface area (Å²) in [6.45, 7) is 5.10. The van der Waals surface area contributed by atoms with Gasteiger partial charge in [0, 0.05) is 44.3 Å². The predicted octanol–water partition coefficient (Wildman–Crippen LogP) is 4.77. The van der Waals surface area contributed by atoms with Crippen molar-refractivity contribution in [3.05, 3.63) is 101 Å². The normalized spacial score (nSPS) is 14.4. The number of urea groups is 1. The lowest BCUT2D eigenvalue weighted by Crippen LogP contribution is -2.51. The minimum Gasteiger partial charge on any atom is -0.334 e. The van der Waals surface area contributed by atoms with Gasteiger partial charge >= 0.3 is 6.03 Å². The van der Waals surface area contributed by atoms with Crippen LogP contribution in [0.5, 0.6) is 0 Å². The van der Waals surface area contributed by atoms with E-state index in [0.29, 0.717) is 24.7 Å². The molecule has 5 rings (SSSR count). The van der Waals surface area contributed by atoms with Gasteiger partial charge in [0.2, 0.25) is 0 Å². The third-order valence-electron chi connectivity index (χ3n) is 6.30. The van der Waals surface area contributed by atoms with E-state index >= 15 is 0 Å². The van der Waals surface area contributed by atoms with Crippen molar-refractivity contribution in [3.8, 4) is 0 Å². The van der Waals surface area contributed by atoms with Crippen molar-refractivity contribution >= 4 is 28.7 Å². The fourth-order valence-electron chi connectivity index (χ4n) is 4.39. The number of hydrogen-bond donors (Lipinski definition) is 1. The molecule has 2 amide bonds. The first-order valence-corrected chi connectivity index (χ1v) is 12.0. The van der Waals surface area contributed by atoms with E-state index in [1.54, 1.807) is 0 Å². The number of nitrogens with zero attached hydrogens (tertiary/aromatic N) is 4. The number of carbonyl (C=O) groups excluding carboxylic acids is 1. The zero-order valence-corrected chi connectivity index (χ0v) is 19.8. The number of rotatable bonds is 6. The summed E-state index contributed by atoms with van der Waals surface area (Å²) in [6, 6.07) is 26.3. The molecule has 4 aromatic rings. The molecule has 0 unspecified atom stereocenters. The molecule has 3 aromatic carbocycles. The molecule has 0 bridgehead atoms. The second-order valence-corrected chi connectivity index (χ2v) is 9.07. The Hall–Kier alpha value is -3.35. The molecular weight excluding hydrogens is 446 g/mol. The lowest BCUT2D eigenvalue weighted by Gasteiger charge is -2.34. The first-order valence-electron chi connectivity index (χ1n) is 11.6. The van der Waals surface area contributed by atoms with Gasteiger partial charge in [0.05, 0.1) is 17.6 Å². The highest BCUT2D eigenvalue weighted by Gasteiger charge is 2.23. The van der Waals surface area contributed by atoms with Crippen LogP contribution in [0.25, 0.3) is 11.0 Å². The Morgan fingerprint density at radius 1 is 0.824 bits per heavy atom. The van der Waals surface area contributed by atoms with Crippen LogP contribution in [0, 0.1) is 0 Å². The first kappa shape index (κ1) is 22.4. The van der Waals surface area contributed by atoms with Crippen molar-refractivity contribution in [2.24, 2.45) is 0 Å². The molecule has 0 aliphatic carbocycles. The number of halogens is 1. The molecule has 1 N–H and O–H groups in total. The van der Waals surface area contributed by atoms with E-state index in [2.05, 4.69) is 57.2 Å². The third kappa shape index (κ3) is 5.24. The number of amides is 2. The van der Waals surface area contributed by atoms with E-state index in [1.165, 1.54) is 5.56 Å². The summed E-state index contributed by atoms with van der Waals surface area (Å²) in [6.07, 6.45) is 0. The van der Waals surface area contributed by atoms with Crippen molar-refractivity contribution in [2.75, 3.05) is 26.2 Å². The van der Waals surface area contributed by atoms with E-state index in [9.17, 15) is 4.79 Å². The monoisotopic (exact) mass is 473 g/mol. The van der Waals surface area contributed by atoms with Gasteiger partial charge in [-0.25, -0.2) is 9.78 Å². The largest absolute Gasteiger partial charge is 0.334 e. The van der Waals surface area contributed by atoms with E-state index in [1.807, 2.05) is 41.3 Å². The van der Waals surface area contributed by atoms with Crippen molar-refractivity contribution in [1.82, 2.24) is 24.7 Å². The predicted molar refractivity (Wildman–Crippen MR) is 136 cm³/mol. The van der Waals surface area contributed by atoms with Crippen LogP contribution in [0.15, 0.2) is 78.9 Å². The Labute approximate surface area is 204 Å². The first-order chi connectivity index (χ1) is 16.7. The van der Waals surface area contributed by atoms with Gasteiger partial charge in [0.15, 0.2) is 0 Å². The summed E-state index contributed by atoms with van der Waals surface area (Å²) in [5, 5.41) is 3.71. The highest BCUT2D eigenvalue weighted by Crippen LogP contribution is 2.20. The zero-order valence-electron chi connectivity index (χ0n) is 19.0. The molecule has 0 saturated carbocycles.